The van der Waals surface area contributed by atoms with Crippen LogP contribution < -0.4 is 4.90 Å². The van der Waals surface area contributed by atoms with Gasteiger partial charge in [-0.1, -0.05) is 13.8 Å². The van der Waals surface area contributed by atoms with Crippen LogP contribution in [0, 0.1) is 0 Å². The molecule has 5 heteroatoms. The second-order valence-electron chi connectivity index (χ2n) is 5.82. The molecule has 1 saturated heterocycles. The minimum Gasteiger partial charge on any atom is -0.356 e. The molecule has 0 unspecified atom stereocenters. The maximum absolute atomic E-state index is 11.4. The van der Waals surface area contributed by atoms with Crippen molar-refractivity contribution in [3.8, 4) is 0 Å². The lowest BCUT2D eigenvalue weighted by molar-refractivity contribution is -0.129. The second kappa shape index (κ2) is 7.56. The van der Waals surface area contributed by atoms with Gasteiger partial charge in [0.15, 0.2) is 0 Å². The number of rotatable bonds is 2. The molecule has 0 spiro atoms. The van der Waals surface area contributed by atoms with Gasteiger partial charge in [-0.15, -0.1) is 0 Å². The van der Waals surface area contributed by atoms with Crippen LogP contribution in [0.25, 0.3) is 0 Å². The van der Waals surface area contributed by atoms with Crippen molar-refractivity contribution in [3.63, 3.8) is 0 Å². The average molecular weight is 304 g/mol. The van der Waals surface area contributed by atoms with Crippen LogP contribution in [0.2, 0.25) is 0 Å². The van der Waals surface area contributed by atoms with E-state index in [2.05, 4.69) is 14.9 Å². The van der Waals surface area contributed by atoms with E-state index in [-0.39, 0.29) is 5.91 Å². The molecule has 0 bridgehead atoms. The van der Waals surface area contributed by atoms with Crippen molar-refractivity contribution in [1.82, 2.24) is 14.9 Å². The van der Waals surface area contributed by atoms with E-state index in [9.17, 15) is 4.79 Å². The van der Waals surface area contributed by atoms with Gasteiger partial charge in [-0.3, -0.25) is 4.79 Å². The van der Waals surface area contributed by atoms with Crippen molar-refractivity contribution in [2.75, 3.05) is 25.0 Å². The molecule has 1 aromatic rings. The Morgan fingerprint density at radius 3 is 2.55 bits per heavy atom. The summed E-state index contributed by atoms with van der Waals surface area (Å²) in [5.41, 5.74) is 2.59. The first-order valence-electron chi connectivity index (χ1n) is 8.48. The fourth-order valence-electron chi connectivity index (χ4n) is 3.34. The highest BCUT2D eigenvalue weighted by Gasteiger charge is 2.27. The SMILES string of the molecule is CC.CC(=O)N(C)C1CCN(c2ncnc3c2CCC3)CC1. The number of fused-ring (bicyclic) bond motifs is 1. The molecule has 0 radical (unpaired) electrons. The van der Waals surface area contributed by atoms with Crippen molar-refractivity contribution in [2.24, 2.45) is 0 Å². The van der Waals surface area contributed by atoms with Gasteiger partial charge in [0.2, 0.25) is 5.91 Å². The van der Waals surface area contributed by atoms with Gasteiger partial charge >= 0.3 is 0 Å². The van der Waals surface area contributed by atoms with Crippen LogP contribution in [0.5, 0.6) is 0 Å². The first kappa shape index (κ1) is 16.7. The third kappa shape index (κ3) is 3.39. The maximum atomic E-state index is 11.4. The Hall–Kier alpha value is -1.65. The molecule has 0 aromatic carbocycles. The summed E-state index contributed by atoms with van der Waals surface area (Å²) in [5.74, 6) is 1.29. The molecule has 2 heterocycles. The van der Waals surface area contributed by atoms with E-state index in [0.717, 1.165) is 44.6 Å². The Labute approximate surface area is 133 Å². The van der Waals surface area contributed by atoms with Gasteiger partial charge in [0.1, 0.15) is 12.1 Å². The predicted octanol–water partition coefficient (Wildman–Crippen LogP) is 2.44. The number of nitrogens with zero attached hydrogens (tertiary/aromatic N) is 4. The quantitative estimate of drug-likeness (QED) is 0.842. The number of hydrogen-bond acceptors (Lipinski definition) is 4. The number of aromatic nitrogens is 2. The highest BCUT2D eigenvalue weighted by Crippen LogP contribution is 2.30. The second-order valence-corrected chi connectivity index (χ2v) is 5.82. The van der Waals surface area contributed by atoms with Gasteiger partial charge in [0.05, 0.1) is 0 Å². The number of aryl methyl sites for hydroxylation is 1. The first-order chi connectivity index (χ1) is 10.7. The molecule has 0 N–H and O–H groups in total. The number of piperidine rings is 1. The molecule has 2 aliphatic rings. The lowest BCUT2D eigenvalue weighted by Gasteiger charge is -2.37. The van der Waals surface area contributed by atoms with Gasteiger partial charge < -0.3 is 9.80 Å². The van der Waals surface area contributed by atoms with Crippen molar-refractivity contribution in [2.45, 2.75) is 58.9 Å². The van der Waals surface area contributed by atoms with E-state index in [1.54, 1.807) is 13.3 Å². The Morgan fingerprint density at radius 2 is 1.91 bits per heavy atom. The maximum Gasteiger partial charge on any atom is 0.219 e. The number of amides is 1. The predicted molar refractivity (Wildman–Crippen MR) is 89.1 cm³/mol. The molecule has 5 nitrogen and oxygen atoms in total. The van der Waals surface area contributed by atoms with Crippen molar-refractivity contribution >= 4 is 11.7 Å². The summed E-state index contributed by atoms with van der Waals surface area (Å²) in [6.45, 7) is 7.60. The summed E-state index contributed by atoms with van der Waals surface area (Å²) in [7, 11) is 1.91. The summed E-state index contributed by atoms with van der Waals surface area (Å²) in [6.07, 6.45) is 7.15. The standard InChI is InChI=1S/C15H22N4O.C2H6/c1-11(20)18(2)12-6-8-19(9-7-12)15-13-4-3-5-14(13)16-10-17-15;1-2/h10,12H,3-9H2,1-2H3;1-2H3. The molecule has 1 aliphatic carbocycles. The third-order valence-corrected chi connectivity index (χ3v) is 4.66. The Kier molecular flexibility index (Phi) is 5.75. The van der Waals surface area contributed by atoms with E-state index in [4.69, 9.17) is 0 Å². The molecule has 3 rings (SSSR count). The summed E-state index contributed by atoms with van der Waals surface area (Å²) >= 11 is 0. The van der Waals surface area contributed by atoms with E-state index < -0.39 is 0 Å². The minimum absolute atomic E-state index is 0.159. The largest absolute Gasteiger partial charge is 0.356 e. The molecule has 22 heavy (non-hydrogen) atoms. The van der Waals surface area contributed by atoms with Crippen LogP contribution >= 0.6 is 0 Å². The Balaban J connectivity index is 0.000000847. The summed E-state index contributed by atoms with van der Waals surface area (Å²) in [4.78, 5) is 24.6. The summed E-state index contributed by atoms with van der Waals surface area (Å²) in [6, 6.07) is 0.374. The first-order valence-corrected chi connectivity index (χ1v) is 8.48. The highest BCUT2D eigenvalue weighted by atomic mass is 16.2. The number of hydrogen-bond donors (Lipinski definition) is 0. The third-order valence-electron chi connectivity index (χ3n) is 4.66. The zero-order valence-corrected chi connectivity index (χ0v) is 14.3. The van der Waals surface area contributed by atoms with Gasteiger partial charge in [-0.2, -0.15) is 0 Å². The zero-order chi connectivity index (χ0) is 16.1. The van der Waals surface area contributed by atoms with Crippen LogP contribution in [-0.2, 0) is 17.6 Å². The fourth-order valence-corrected chi connectivity index (χ4v) is 3.34. The highest BCUT2D eigenvalue weighted by molar-refractivity contribution is 5.73. The molecule has 1 aliphatic heterocycles. The molecule has 1 fully saturated rings. The lowest BCUT2D eigenvalue weighted by Crippen LogP contribution is -2.45. The van der Waals surface area contributed by atoms with Crippen molar-refractivity contribution < 1.29 is 4.79 Å². The molecule has 0 atom stereocenters. The lowest BCUT2D eigenvalue weighted by atomic mass is 10.0. The molecular formula is C17H28N4O. The van der Waals surface area contributed by atoms with Crippen LogP contribution in [0.1, 0.15) is 51.3 Å². The van der Waals surface area contributed by atoms with E-state index >= 15 is 0 Å². The van der Waals surface area contributed by atoms with Crippen molar-refractivity contribution in [3.05, 3.63) is 17.6 Å². The van der Waals surface area contributed by atoms with E-state index in [0.29, 0.717) is 6.04 Å². The smallest absolute Gasteiger partial charge is 0.219 e. The number of anilines is 1. The van der Waals surface area contributed by atoms with Gasteiger partial charge in [-0.25, -0.2) is 9.97 Å². The summed E-state index contributed by atoms with van der Waals surface area (Å²) in [5, 5.41) is 0. The van der Waals surface area contributed by atoms with Crippen LogP contribution in [0.4, 0.5) is 5.82 Å². The van der Waals surface area contributed by atoms with E-state index in [1.165, 1.54) is 17.7 Å². The zero-order valence-electron chi connectivity index (χ0n) is 14.3. The molecule has 1 amide bonds. The number of carbonyl (C=O) groups is 1. The van der Waals surface area contributed by atoms with Crippen molar-refractivity contribution in [1.29, 1.82) is 0 Å². The summed E-state index contributed by atoms with van der Waals surface area (Å²) < 4.78 is 0. The van der Waals surface area contributed by atoms with E-state index in [1.807, 2.05) is 25.8 Å². The van der Waals surface area contributed by atoms with Gasteiger partial charge in [-0.05, 0) is 32.1 Å². The monoisotopic (exact) mass is 304 g/mol. The Bertz CT molecular complexity index is 509. The number of carbonyl (C=O) groups excluding carboxylic acids is 1. The molecule has 0 saturated carbocycles. The Morgan fingerprint density at radius 1 is 1.23 bits per heavy atom. The van der Waals surface area contributed by atoms with Crippen LogP contribution in [0.15, 0.2) is 6.33 Å². The normalized spacial score (nSPS) is 17.5. The van der Waals surface area contributed by atoms with Crippen LogP contribution in [-0.4, -0.2) is 47.0 Å². The average Bonchev–Trinajstić information content (AvgIpc) is 3.04. The van der Waals surface area contributed by atoms with Gasteiger partial charge in [0.25, 0.3) is 0 Å². The molecule has 1 aromatic heterocycles. The molecule has 122 valence electrons. The fraction of sp³-hybridized carbons (Fsp3) is 0.706. The van der Waals surface area contributed by atoms with Gasteiger partial charge in [0, 0.05) is 44.4 Å². The minimum atomic E-state index is 0.159. The van der Waals surface area contributed by atoms with Crippen LogP contribution in [0.3, 0.4) is 0 Å². The topological polar surface area (TPSA) is 49.3 Å². The molecular weight excluding hydrogens is 276 g/mol.